The van der Waals surface area contributed by atoms with Gasteiger partial charge in [-0.15, -0.1) is 0 Å². The molecule has 0 spiro atoms. The first-order chi connectivity index (χ1) is 10.8. The number of carbonyl (C=O) groups excluding carboxylic acids is 1. The average Bonchev–Trinajstić information content (AvgIpc) is 2.53. The summed E-state index contributed by atoms with van der Waals surface area (Å²) in [5, 5.41) is 2.67. The summed E-state index contributed by atoms with van der Waals surface area (Å²) in [6, 6.07) is 6.12. The number of sulfonamides is 1. The van der Waals surface area contributed by atoms with Crippen molar-refractivity contribution in [2.24, 2.45) is 5.73 Å². The Morgan fingerprint density at radius 3 is 2.48 bits per heavy atom. The number of benzene rings is 1. The van der Waals surface area contributed by atoms with Crippen LogP contribution in [0.15, 0.2) is 29.2 Å². The fourth-order valence-electron chi connectivity index (χ4n) is 2.41. The van der Waals surface area contributed by atoms with Crippen molar-refractivity contribution in [1.29, 1.82) is 0 Å². The molecule has 0 aliphatic carbocycles. The minimum atomic E-state index is -3.56. The Kier molecular flexibility index (Phi) is 5.74. The lowest BCUT2D eigenvalue weighted by Gasteiger charge is -2.32. The van der Waals surface area contributed by atoms with Crippen LogP contribution in [-0.2, 0) is 21.4 Å². The highest BCUT2D eigenvalue weighted by molar-refractivity contribution is 7.89. The molecule has 1 heterocycles. The molecule has 1 unspecified atom stereocenters. The molecule has 1 saturated heterocycles. The van der Waals surface area contributed by atoms with Gasteiger partial charge >= 0.3 is 0 Å². The molecule has 128 valence electrons. The quantitative estimate of drug-likeness (QED) is 0.759. The van der Waals surface area contributed by atoms with E-state index >= 15 is 0 Å². The van der Waals surface area contributed by atoms with Crippen LogP contribution >= 0.6 is 0 Å². The highest BCUT2D eigenvalue weighted by atomic mass is 32.2. The van der Waals surface area contributed by atoms with E-state index in [2.05, 4.69) is 10.2 Å². The van der Waals surface area contributed by atoms with Crippen molar-refractivity contribution in [1.82, 2.24) is 14.5 Å². The molecule has 1 aromatic carbocycles. The number of hydrogen-bond acceptors (Lipinski definition) is 5. The molecular weight excluding hydrogens is 316 g/mol. The first kappa shape index (κ1) is 17.9. The lowest BCUT2D eigenvalue weighted by Crippen LogP contribution is -2.47. The Labute approximate surface area is 137 Å². The molecule has 3 N–H and O–H groups in total. The minimum Gasteiger partial charge on any atom is -0.351 e. The van der Waals surface area contributed by atoms with Crippen molar-refractivity contribution in [2.45, 2.75) is 24.4 Å². The molecule has 0 radical (unpaired) electrons. The molecule has 1 fully saturated rings. The molecule has 1 aliphatic rings. The SMILES string of the molecule is CC(N)C(=O)NCc1ccccc1S(=O)(=O)N1CCN(C)CC1. The summed E-state index contributed by atoms with van der Waals surface area (Å²) in [6.45, 7) is 4.09. The first-order valence-corrected chi connectivity index (χ1v) is 9.06. The Bertz CT molecular complexity index is 652. The number of piperazine rings is 1. The zero-order valence-corrected chi connectivity index (χ0v) is 14.3. The maximum atomic E-state index is 12.9. The maximum Gasteiger partial charge on any atom is 0.243 e. The van der Waals surface area contributed by atoms with Crippen LogP contribution in [0.5, 0.6) is 0 Å². The van der Waals surface area contributed by atoms with Gasteiger partial charge in [0.15, 0.2) is 0 Å². The molecule has 7 nitrogen and oxygen atoms in total. The normalized spacial score (nSPS) is 18.6. The van der Waals surface area contributed by atoms with Gasteiger partial charge in [-0.25, -0.2) is 8.42 Å². The Balaban J connectivity index is 2.20. The highest BCUT2D eigenvalue weighted by Crippen LogP contribution is 2.21. The minimum absolute atomic E-state index is 0.142. The van der Waals surface area contributed by atoms with Gasteiger partial charge in [-0.3, -0.25) is 4.79 Å². The second-order valence-corrected chi connectivity index (χ2v) is 7.73. The van der Waals surface area contributed by atoms with Crippen LogP contribution < -0.4 is 11.1 Å². The van der Waals surface area contributed by atoms with Crippen molar-refractivity contribution in [2.75, 3.05) is 33.2 Å². The van der Waals surface area contributed by atoms with Gasteiger partial charge < -0.3 is 16.0 Å². The number of likely N-dealkylation sites (N-methyl/N-ethyl adjacent to an activating group) is 1. The monoisotopic (exact) mass is 340 g/mol. The summed E-state index contributed by atoms with van der Waals surface area (Å²) in [5.74, 6) is -0.309. The fraction of sp³-hybridized carbons (Fsp3) is 0.533. The zero-order chi connectivity index (χ0) is 17.0. The molecule has 1 atom stereocenters. The molecule has 8 heteroatoms. The smallest absolute Gasteiger partial charge is 0.243 e. The second kappa shape index (κ2) is 7.39. The van der Waals surface area contributed by atoms with Crippen LogP contribution in [0.1, 0.15) is 12.5 Å². The van der Waals surface area contributed by atoms with Gasteiger partial charge in [-0.1, -0.05) is 18.2 Å². The fourth-order valence-corrected chi connectivity index (χ4v) is 4.06. The summed E-state index contributed by atoms with van der Waals surface area (Å²) in [4.78, 5) is 14.0. The predicted octanol–water partition coefficient (Wildman–Crippen LogP) is -0.414. The zero-order valence-electron chi connectivity index (χ0n) is 13.5. The van der Waals surface area contributed by atoms with E-state index in [1.54, 1.807) is 31.2 Å². The molecule has 1 aromatic rings. The van der Waals surface area contributed by atoms with E-state index in [0.29, 0.717) is 31.7 Å². The van der Waals surface area contributed by atoms with Gasteiger partial charge in [0.2, 0.25) is 15.9 Å². The molecular formula is C15H24N4O3S. The summed E-state index contributed by atoms with van der Waals surface area (Å²) < 4.78 is 27.2. The molecule has 1 aliphatic heterocycles. The number of hydrogen-bond donors (Lipinski definition) is 2. The van der Waals surface area contributed by atoms with Crippen LogP contribution in [0, 0.1) is 0 Å². The lowest BCUT2D eigenvalue weighted by molar-refractivity contribution is -0.122. The third kappa shape index (κ3) is 4.29. The Morgan fingerprint density at radius 1 is 1.26 bits per heavy atom. The van der Waals surface area contributed by atoms with Crippen LogP contribution in [0.3, 0.4) is 0 Å². The van der Waals surface area contributed by atoms with Crippen molar-refractivity contribution in [3.05, 3.63) is 29.8 Å². The molecule has 0 bridgehead atoms. The third-order valence-electron chi connectivity index (χ3n) is 3.92. The van der Waals surface area contributed by atoms with E-state index < -0.39 is 16.1 Å². The van der Waals surface area contributed by atoms with Gasteiger partial charge in [-0.05, 0) is 25.6 Å². The number of nitrogens with one attached hydrogen (secondary N) is 1. The third-order valence-corrected chi connectivity index (χ3v) is 5.92. The second-order valence-electron chi connectivity index (χ2n) is 5.82. The van der Waals surface area contributed by atoms with E-state index in [9.17, 15) is 13.2 Å². The molecule has 23 heavy (non-hydrogen) atoms. The van der Waals surface area contributed by atoms with Crippen LogP contribution in [-0.4, -0.2) is 62.8 Å². The van der Waals surface area contributed by atoms with Gasteiger partial charge in [0.1, 0.15) is 0 Å². The van der Waals surface area contributed by atoms with E-state index in [1.807, 2.05) is 7.05 Å². The number of amides is 1. The first-order valence-electron chi connectivity index (χ1n) is 7.62. The molecule has 0 saturated carbocycles. The van der Waals surface area contributed by atoms with Gasteiger partial charge in [0, 0.05) is 32.7 Å². The molecule has 1 amide bonds. The van der Waals surface area contributed by atoms with Crippen molar-refractivity contribution < 1.29 is 13.2 Å². The lowest BCUT2D eigenvalue weighted by atomic mass is 10.2. The van der Waals surface area contributed by atoms with Crippen LogP contribution in [0.4, 0.5) is 0 Å². The maximum absolute atomic E-state index is 12.9. The summed E-state index contributed by atoms with van der Waals surface area (Å²) >= 11 is 0. The average molecular weight is 340 g/mol. The molecule has 2 rings (SSSR count). The predicted molar refractivity (Wildman–Crippen MR) is 88.2 cm³/mol. The van der Waals surface area contributed by atoms with Crippen LogP contribution in [0.25, 0.3) is 0 Å². The van der Waals surface area contributed by atoms with Gasteiger partial charge in [-0.2, -0.15) is 4.31 Å². The topological polar surface area (TPSA) is 95.7 Å². The largest absolute Gasteiger partial charge is 0.351 e. The summed E-state index contributed by atoms with van der Waals surface area (Å²) in [6.07, 6.45) is 0. The van der Waals surface area contributed by atoms with Crippen molar-refractivity contribution in [3.8, 4) is 0 Å². The van der Waals surface area contributed by atoms with Gasteiger partial charge in [0.25, 0.3) is 0 Å². The standard InChI is InChI=1S/C15H24N4O3S/c1-12(16)15(20)17-11-13-5-3-4-6-14(13)23(21,22)19-9-7-18(2)8-10-19/h3-6,12H,7-11,16H2,1-2H3,(H,17,20). The van der Waals surface area contributed by atoms with Crippen molar-refractivity contribution in [3.63, 3.8) is 0 Å². The molecule has 0 aromatic heterocycles. The Hall–Kier alpha value is -1.48. The van der Waals surface area contributed by atoms with E-state index in [1.165, 1.54) is 4.31 Å². The number of nitrogens with two attached hydrogens (primary N) is 1. The highest BCUT2D eigenvalue weighted by Gasteiger charge is 2.29. The van der Waals surface area contributed by atoms with Crippen LogP contribution in [0.2, 0.25) is 0 Å². The Morgan fingerprint density at radius 2 is 1.87 bits per heavy atom. The number of nitrogens with zero attached hydrogens (tertiary/aromatic N) is 2. The number of carbonyl (C=O) groups is 1. The van der Waals surface area contributed by atoms with Gasteiger partial charge in [0.05, 0.1) is 10.9 Å². The van der Waals surface area contributed by atoms with E-state index in [4.69, 9.17) is 5.73 Å². The number of rotatable bonds is 5. The summed E-state index contributed by atoms with van der Waals surface area (Å²) in [7, 11) is -1.59. The van der Waals surface area contributed by atoms with Crippen molar-refractivity contribution >= 4 is 15.9 Å². The van der Waals surface area contributed by atoms with E-state index in [-0.39, 0.29) is 17.3 Å². The summed E-state index contributed by atoms with van der Waals surface area (Å²) in [5.41, 5.74) is 6.08. The van der Waals surface area contributed by atoms with E-state index in [0.717, 1.165) is 0 Å².